The van der Waals surface area contributed by atoms with E-state index in [9.17, 15) is 9.18 Å². The minimum Gasteiger partial charge on any atom is -0.467 e. The summed E-state index contributed by atoms with van der Waals surface area (Å²) in [4.78, 5) is 14.2. The van der Waals surface area contributed by atoms with Gasteiger partial charge in [0, 0.05) is 43.6 Å². The van der Waals surface area contributed by atoms with Crippen molar-refractivity contribution in [2.75, 3.05) is 13.1 Å². The van der Waals surface area contributed by atoms with Crippen molar-refractivity contribution >= 4 is 5.91 Å². The molecule has 27 heavy (non-hydrogen) atoms. The Hall–Kier alpha value is -2.93. The fourth-order valence-corrected chi connectivity index (χ4v) is 3.27. The summed E-state index contributed by atoms with van der Waals surface area (Å²) in [5, 5.41) is 6.93. The van der Waals surface area contributed by atoms with Gasteiger partial charge in [0.1, 0.15) is 23.0 Å². The Bertz CT molecular complexity index is 920. The van der Waals surface area contributed by atoms with Crippen LogP contribution < -0.4 is 5.32 Å². The molecule has 0 radical (unpaired) electrons. The molecular formula is C20H20FN3O3. The third-order valence-corrected chi connectivity index (χ3v) is 4.73. The Morgan fingerprint density at radius 3 is 2.96 bits per heavy atom. The third kappa shape index (κ3) is 3.93. The molecule has 0 bridgehead atoms. The zero-order valence-electron chi connectivity index (χ0n) is 14.8. The number of aromatic nitrogens is 1. The van der Waals surface area contributed by atoms with Crippen LogP contribution in [0.2, 0.25) is 0 Å². The highest BCUT2D eigenvalue weighted by Crippen LogP contribution is 2.31. The van der Waals surface area contributed by atoms with Gasteiger partial charge >= 0.3 is 0 Å². The van der Waals surface area contributed by atoms with Crippen molar-refractivity contribution in [1.82, 2.24) is 15.4 Å². The molecule has 0 atom stereocenters. The van der Waals surface area contributed by atoms with E-state index in [1.165, 1.54) is 6.07 Å². The first kappa shape index (κ1) is 17.5. The molecule has 6 nitrogen and oxygen atoms in total. The Labute approximate surface area is 155 Å². The van der Waals surface area contributed by atoms with Crippen LogP contribution in [0.15, 0.2) is 51.6 Å². The average Bonchev–Trinajstić information content (AvgIpc) is 3.34. The van der Waals surface area contributed by atoms with Gasteiger partial charge in [-0.1, -0.05) is 17.3 Å². The smallest absolute Gasteiger partial charge is 0.221 e. The van der Waals surface area contributed by atoms with Gasteiger partial charge in [-0.05, 0) is 24.3 Å². The number of carbonyl (C=O) groups excluding carboxylic acids is 1. The molecule has 3 heterocycles. The zero-order chi connectivity index (χ0) is 18.6. The van der Waals surface area contributed by atoms with Gasteiger partial charge in [0.05, 0.1) is 12.8 Å². The molecule has 0 saturated carbocycles. The maximum atomic E-state index is 14.1. The van der Waals surface area contributed by atoms with E-state index in [0.29, 0.717) is 43.7 Å². The first-order chi connectivity index (χ1) is 13.2. The molecule has 0 unspecified atom stereocenters. The van der Waals surface area contributed by atoms with Crippen molar-refractivity contribution in [1.29, 1.82) is 0 Å². The standard InChI is InChI=1S/C20H20FN3O3/c21-17-6-2-1-5-15(17)20-16-13-24(9-7-18(16)27-23-20)10-8-19(25)22-12-14-4-3-11-26-14/h1-6,11H,7-10,12-13H2,(H,22,25). The zero-order valence-corrected chi connectivity index (χ0v) is 14.8. The SMILES string of the molecule is O=C(CCN1CCc2onc(-c3ccccc3F)c2C1)NCc1ccco1. The summed E-state index contributed by atoms with van der Waals surface area (Å²) in [5.74, 6) is 1.18. The number of carbonyl (C=O) groups is 1. The summed E-state index contributed by atoms with van der Waals surface area (Å²) < 4.78 is 24.7. The van der Waals surface area contributed by atoms with Gasteiger partial charge in [-0.25, -0.2) is 4.39 Å². The highest BCUT2D eigenvalue weighted by atomic mass is 19.1. The fourth-order valence-electron chi connectivity index (χ4n) is 3.27. The summed E-state index contributed by atoms with van der Waals surface area (Å²) >= 11 is 0. The van der Waals surface area contributed by atoms with Crippen molar-refractivity contribution in [3.8, 4) is 11.3 Å². The fraction of sp³-hybridized carbons (Fsp3) is 0.300. The van der Waals surface area contributed by atoms with Gasteiger partial charge in [-0.15, -0.1) is 0 Å². The molecule has 7 heteroatoms. The molecule has 0 spiro atoms. The molecule has 140 valence electrons. The highest BCUT2D eigenvalue weighted by molar-refractivity contribution is 5.76. The molecule has 1 aliphatic rings. The van der Waals surface area contributed by atoms with E-state index in [-0.39, 0.29) is 11.7 Å². The van der Waals surface area contributed by atoms with Crippen LogP contribution in [-0.2, 0) is 24.3 Å². The first-order valence-corrected chi connectivity index (χ1v) is 8.94. The molecule has 0 fully saturated rings. The Morgan fingerprint density at radius 2 is 2.15 bits per heavy atom. The summed E-state index contributed by atoms with van der Waals surface area (Å²) in [6, 6.07) is 10.2. The molecule has 3 aromatic rings. The van der Waals surface area contributed by atoms with Crippen molar-refractivity contribution < 1.29 is 18.1 Å². The number of amides is 1. The second-order valence-electron chi connectivity index (χ2n) is 6.54. The predicted molar refractivity (Wildman–Crippen MR) is 96.0 cm³/mol. The molecule has 1 aromatic carbocycles. The van der Waals surface area contributed by atoms with Crippen molar-refractivity contribution in [2.24, 2.45) is 0 Å². The largest absolute Gasteiger partial charge is 0.467 e. The second kappa shape index (κ2) is 7.75. The van der Waals surface area contributed by atoms with Crippen LogP contribution in [0.3, 0.4) is 0 Å². The lowest BCUT2D eigenvalue weighted by atomic mass is 10.0. The summed E-state index contributed by atoms with van der Waals surface area (Å²) in [5.41, 5.74) is 1.90. The minimum absolute atomic E-state index is 0.0307. The number of benzene rings is 1. The number of hydrogen-bond donors (Lipinski definition) is 1. The molecule has 1 N–H and O–H groups in total. The Morgan fingerprint density at radius 1 is 1.26 bits per heavy atom. The number of halogens is 1. The van der Waals surface area contributed by atoms with E-state index >= 15 is 0 Å². The van der Waals surface area contributed by atoms with Crippen molar-refractivity contribution in [3.63, 3.8) is 0 Å². The summed E-state index contributed by atoms with van der Waals surface area (Å²) in [7, 11) is 0. The average molecular weight is 369 g/mol. The third-order valence-electron chi connectivity index (χ3n) is 4.73. The molecule has 2 aromatic heterocycles. The monoisotopic (exact) mass is 369 g/mol. The molecule has 0 aliphatic carbocycles. The van der Waals surface area contributed by atoms with E-state index in [1.807, 2.05) is 6.07 Å². The number of fused-ring (bicyclic) bond motifs is 1. The second-order valence-corrected chi connectivity index (χ2v) is 6.54. The lowest BCUT2D eigenvalue weighted by molar-refractivity contribution is -0.121. The van der Waals surface area contributed by atoms with Gasteiger partial charge in [-0.3, -0.25) is 9.69 Å². The van der Waals surface area contributed by atoms with E-state index in [2.05, 4.69) is 15.4 Å². The predicted octanol–water partition coefficient (Wildman–Crippen LogP) is 3.14. The maximum Gasteiger partial charge on any atom is 0.221 e. The quantitative estimate of drug-likeness (QED) is 0.723. The molecule has 4 rings (SSSR count). The van der Waals surface area contributed by atoms with Crippen LogP contribution in [-0.4, -0.2) is 29.1 Å². The number of furan rings is 1. The van der Waals surface area contributed by atoms with Gasteiger partial charge in [0.25, 0.3) is 0 Å². The first-order valence-electron chi connectivity index (χ1n) is 8.94. The number of nitrogens with zero attached hydrogens (tertiary/aromatic N) is 2. The van der Waals surface area contributed by atoms with Crippen LogP contribution in [0.1, 0.15) is 23.5 Å². The lowest BCUT2D eigenvalue weighted by Crippen LogP contribution is -2.34. The Balaban J connectivity index is 1.36. The van der Waals surface area contributed by atoms with Crippen LogP contribution in [0.4, 0.5) is 4.39 Å². The molecule has 1 aliphatic heterocycles. The molecule has 0 saturated heterocycles. The van der Waals surface area contributed by atoms with E-state index in [0.717, 1.165) is 23.6 Å². The van der Waals surface area contributed by atoms with Crippen LogP contribution in [0.5, 0.6) is 0 Å². The topological polar surface area (TPSA) is 71.5 Å². The summed E-state index contributed by atoms with van der Waals surface area (Å²) in [6.45, 7) is 2.38. The van der Waals surface area contributed by atoms with E-state index in [1.54, 1.807) is 30.5 Å². The van der Waals surface area contributed by atoms with Crippen molar-refractivity contribution in [3.05, 3.63) is 65.6 Å². The molecular weight excluding hydrogens is 349 g/mol. The Kier molecular flexibility index (Phi) is 5.02. The van der Waals surface area contributed by atoms with Gasteiger partial charge in [0.2, 0.25) is 5.91 Å². The number of rotatable bonds is 6. The van der Waals surface area contributed by atoms with Gasteiger partial charge in [0.15, 0.2) is 0 Å². The van der Waals surface area contributed by atoms with Crippen LogP contribution in [0.25, 0.3) is 11.3 Å². The maximum absolute atomic E-state index is 14.1. The van der Waals surface area contributed by atoms with E-state index < -0.39 is 0 Å². The highest BCUT2D eigenvalue weighted by Gasteiger charge is 2.26. The van der Waals surface area contributed by atoms with Gasteiger partial charge < -0.3 is 14.3 Å². The number of nitrogens with one attached hydrogen (secondary N) is 1. The van der Waals surface area contributed by atoms with Crippen LogP contribution >= 0.6 is 0 Å². The number of hydrogen-bond acceptors (Lipinski definition) is 5. The van der Waals surface area contributed by atoms with Crippen LogP contribution in [0, 0.1) is 5.82 Å². The summed E-state index contributed by atoms with van der Waals surface area (Å²) in [6.07, 6.45) is 2.67. The molecule has 1 amide bonds. The lowest BCUT2D eigenvalue weighted by Gasteiger charge is -2.25. The van der Waals surface area contributed by atoms with Crippen molar-refractivity contribution in [2.45, 2.75) is 25.9 Å². The minimum atomic E-state index is -0.317. The van der Waals surface area contributed by atoms with Gasteiger partial charge in [-0.2, -0.15) is 0 Å². The normalized spacial score (nSPS) is 14.1. The van der Waals surface area contributed by atoms with E-state index in [4.69, 9.17) is 8.94 Å².